The average molecular weight is 611 g/mol. The normalized spacial score (nSPS) is 14.1. The molecule has 4 rings (SSSR count). The number of benzene rings is 4. The van der Waals surface area contributed by atoms with Crippen molar-refractivity contribution in [1.29, 1.82) is 0 Å². The van der Waals surface area contributed by atoms with E-state index < -0.39 is 30.4 Å². The molecule has 1 N–H and O–H groups in total. The molecule has 45 heavy (non-hydrogen) atoms. The van der Waals surface area contributed by atoms with Crippen molar-refractivity contribution in [3.05, 3.63) is 156 Å². The zero-order valence-electron chi connectivity index (χ0n) is 25.7. The Labute approximate surface area is 266 Å². The lowest BCUT2D eigenvalue weighted by atomic mass is 10.0. The molecule has 4 aromatic carbocycles. The number of aliphatic hydroxyl groups is 1. The Bertz CT molecular complexity index is 1380. The van der Waals surface area contributed by atoms with Crippen molar-refractivity contribution in [1.82, 2.24) is 0 Å². The SMILES string of the molecule is CCOC(=O)/C=C\[C@@H](OCc1ccccc1)[C@@H](OCc1ccccc1)[C@H](OCc1ccccc1)[C@H](O)COCc1ccccc1. The molecule has 4 aromatic rings. The molecule has 0 heterocycles. The van der Waals surface area contributed by atoms with E-state index in [2.05, 4.69) is 0 Å². The lowest BCUT2D eigenvalue weighted by Gasteiger charge is -2.35. The van der Waals surface area contributed by atoms with Crippen molar-refractivity contribution in [2.45, 2.75) is 57.8 Å². The van der Waals surface area contributed by atoms with Crippen LogP contribution in [0.15, 0.2) is 133 Å². The van der Waals surface area contributed by atoms with Crippen LogP contribution in [0.2, 0.25) is 0 Å². The first-order valence-corrected chi connectivity index (χ1v) is 15.2. The van der Waals surface area contributed by atoms with Gasteiger partial charge in [-0.1, -0.05) is 121 Å². The standard InChI is InChI=1S/C38H42O7/c1-2-42-36(40)24-23-35(43-26-31-17-9-4-10-18-31)38(45-28-33-21-13-6-14-22-33)37(44-27-32-19-11-5-12-20-32)34(39)29-41-25-30-15-7-3-8-16-30/h3-24,34-35,37-39H,2,25-29H2,1H3/b24-23-/t34-,35-,37-,38-/m1/s1. The summed E-state index contributed by atoms with van der Waals surface area (Å²) in [6.45, 7) is 3.01. The maximum atomic E-state index is 12.4. The van der Waals surface area contributed by atoms with Gasteiger partial charge in [0.1, 0.15) is 24.4 Å². The highest BCUT2D eigenvalue weighted by atomic mass is 16.6. The highest BCUT2D eigenvalue weighted by Crippen LogP contribution is 2.22. The molecule has 0 aliphatic rings. The Hall–Kier alpha value is -4.11. The molecular formula is C38H42O7. The average Bonchev–Trinajstić information content (AvgIpc) is 3.08. The monoisotopic (exact) mass is 610 g/mol. The lowest BCUT2D eigenvalue weighted by molar-refractivity contribution is -0.178. The van der Waals surface area contributed by atoms with Gasteiger partial charge in [-0.3, -0.25) is 0 Å². The molecule has 0 aliphatic heterocycles. The van der Waals surface area contributed by atoms with Crippen LogP contribution in [0.25, 0.3) is 0 Å². The van der Waals surface area contributed by atoms with Gasteiger partial charge in [0.2, 0.25) is 0 Å². The molecule has 0 amide bonds. The smallest absolute Gasteiger partial charge is 0.330 e. The maximum absolute atomic E-state index is 12.4. The molecule has 4 atom stereocenters. The largest absolute Gasteiger partial charge is 0.463 e. The third-order valence-electron chi connectivity index (χ3n) is 6.99. The number of carbonyl (C=O) groups excluding carboxylic acids is 1. The van der Waals surface area contributed by atoms with Gasteiger partial charge in [0.25, 0.3) is 0 Å². The van der Waals surface area contributed by atoms with E-state index >= 15 is 0 Å². The topological polar surface area (TPSA) is 83.5 Å². The first-order valence-electron chi connectivity index (χ1n) is 15.2. The summed E-state index contributed by atoms with van der Waals surface area (Å²) in [5.74, 6) is -0.499. The second-order valence-corrected chi connectivity index (χ2v) is 10.5. The fourth-order valence-electron chi connectivity index (χ4n) is 4.69. The summed E-state index contributed by atoms with van der Waals surface area (Å²) < 4.78 is 30.5. The van der Waals surface area contributed by atoms with Crippen LogP contribution in [0.4, 0.5) is 0 Å². The summed E-state index contributed by atoms with van der Waals surface area (Å²) >= 11 is 0. The van der Waals surface area contributed by atoms with Gasteiger partial charge in [0.15, 0.2) is 0 Å². The van der Waals surface area contributed by atoms with Gasteiger partial charge in [0.05, 0.1) is 39.6 Å². The molecule has 236 valence electrons. The second-order valence-electron chi connectivity index (χ2n) is 10.5. The van der Waals surface area contributed by atoms with Gasteiger partial charge in [-0.05, 0) is 35.3 Å². The first-order chi connectivity index (χ1) is 22.1. The van der Waals surface area contributed by atoms with Crippen LogP contribution in [0.1, 0.15) is 29.2 Å². The lowest BCUT2D eigenvalue weighted by Crippen LogP contribution is -2.49. The van der Waals surface area contributed by atoms with Crippen LogP contribution in [-0.4, -0.2) is 48.7 Å². The van der Waals surface area contributed by atoms with Crippen LogP contribution in [-0.2, 0) is 54.9 Å². The minimum Gasteiger partial charge on any atom is -0.463 e. The van der Waals surface area contributed by atoms with Crippen molar-refractivity contribution < 1.29 is 33.6 Å². The molecule has 0 bridgehead atoms. The van der Waals surface area contributed by atoms with E-state index in [0.29, 0.717) is 6.61 Å². The van der Waals surface area contributed by atoms with Crippen LogP contribution in [0.5, 0.6) is 0 Å². The van der Waals surface area contributed by atoms with E-state index in [0.717, 1.165) is 22.3 Å². The van der Waals surface area contributed by atoms with Crippen molar-refractivity contribution in [3.63, 3.8) is 0 Å². The molecule has 0 fully saturated rings. The predicted molar refractivity (Wildman–Crippen MR) is 173 cm³/mol. The zero-order valence-corrected chi connectivity index (χ0v) is 25.7. The predicted octanol–water partition coefficient (Wildman–Crippen LogP) is 6.44. The van der Waals surface area contributed by atoms with Gasteiger partial charge >= 0.3 is 5.97 Å². The van der Waals surface area contributed by atoms with Crippen LogP contribution in [0.3, 0.4) is 0 Å². The van der Waals surface area contributed by atoms with Gasteiger partial charge in [-0.2, -0.15) is 0 Å². The van der Waals surface area contributed by atoms with Crippen LogP contribution in [0, 0.1) is 0 Å². The molecule has 0 aromatic heterocycles. The number of rotatable bonds is 19. The summed E-state index contributed by atoms with van der Waals surface area (Å²) in [6.07, 6.45) is -0.645. The fourth-order valence-corrected chi connectivity index (χ4v) is 4.69. The minimum atomic E-state index is -1.09. The second kappa shape index (κ2) is 19.3. The molecule has 0 saturated heterocycles. The Kier molecular flexibility index (Phi) is 14.5. The van der Waals surface area contributed by atoms with E-state index in [1.807, 2.05) is 121 Å². The summed E-state index contributed by atoms with van der Waals surface area (Å²) in [4.78, 5) is 12.4. The molecule has 0 saturated carbocycles. The number of ether oxygens (including phenoxy) is 5. The molecule has 7 heteroatoms. The van der Waals surface area contributed by atoms with E-state index in [1.165, 1.54) is 6.08 Å². The Morgan fingerprint density at radius 1 is 0.622 bits per heavy atom. The Morgan fingerprint density at radius 2 is 1.04 bits per heavy atom. The van der Waals surface area contributed by atoms with Crippen LogP contribution >= 0.6 is 0 Å². The molecular weight excluding hydrogens is 568 g/mol. The van der Waals surface area contributed by atoms with Crippen molar-refractivity contribution in [2.24, 2.45) is 0 Å². The maximum Gasteiger partial charge on any atom is 0.330 e. The Balaban J connectivity index is 1.63. The highest BCUT2D eigenvalue weighted by Gasteiger charge is 2.36. The van der Waals surface area contributed by atoms with E-state index in [1.54, 1.807) is 13.0 Å². The summed E-state index contributed by atoms with van der Waals surface area (Å²) in [5, 5.41) is 11.6. The number of esters is 1. The fraction of sp³-hybridized carbons (Fsp3) is 0.289. The summed E-state index contributed by atoms with van der Waals surface area (Å²) in [7, 11) is 0. The number of aliphatic hydroxyl groups excluding tert-OH is 1. The first kappa shape index (κ1) is 33.8. The minimum absolute atomic E-state index is 0.00740. The molecule has 0 aliphatic carbocycles. The Morgan fingerprint density at radius 3 is 1.51 bits per heavy atom. The highest BCUT2D eigenvalue weighted by molar-refractivity contribution is 5.81. The quantitative estimate of drug-likeness (QED) is 0.0967. The third kappa shape index (κ3) is 12.1. The molecule has 0 spiro atoms. The number of carbonyl (C=O) groups is 1. The van der Waals surface area contributed by atoms with Gasteiger partial charge in [-0.25, -0.2) is 4.79 Å². The third-order valence-corrected chi connectivity index (χ3v) is 6.99. The van der Waals surface area contributed by atoms with Crippen molar-refractivity contribution >= 4 is 5.97 Å². The van der Waals surface area contributed by atoms with Crippen molar-refractivity contribution in [2.75, 3.05) is 13.2 Å². The van der Waals surface area contributed by atoms with E-state index in [4.69, 9.17) is 23.7 Å². The van der Waals surface area contributed by atoms with E-state index in [-0.39, 0.29) is 33.0 Å². The number of hydrogen-bond acceptors (Lipinski definition) is 7. The summed E-state index contributed by atoms with van der Waals surface area (Å²) in [6, 6.07) is 39.0. The number of hydrogen-bond donors (Lipinski definition) is 1. The molecule has 0 radical (unpaired) electrons. The van der Waals surface area contributed by atoms with Crippen LogP contribution < -0.4 is 0 Å². The molecule has 7 nitrogen and oxygen atoms in total. The molecule has 0 unspecified atom stereocenters. The van der Waals surface area contributed by atoms with E-state index in [9.17, 15) is 9.90 Å². The van der Waals surface area contributed by atoms with Gasteiger partial charge < -0.3 is 28.8 Å². The van der Waals surface area contributed by atoms with Gasteiger partial charge in [0, 0.05) is 6.08 Å². The summed E-state index contributed by atoms with van der Waals surface area (Å²) in [5.41, 5.74) is 3.81. The van der Waals surface area contributed by atoms with Crippen molar-refractivity contribution in [3.8, 4) is 0 Å². The zero-order chi connectivity index (χ0) is 31.5. The van der Waals surface area contributed by atoms with Gasteiger partial charge in [-0.15, -0.1) is 0 Å².